The number of carbonyl (C=O) groups excluding carboxylic acids is 1. The summed E-state index contributed by atoms with van der Waals surface area (Å²) in [5, 5.41) is 8.30. The lowest BCUT2D eigenvalue weighted by molar-refractivity contribution is 0.102. The summed E-state index contributed by atoms with van der Waals surface area (Å²) in [6.45, 7) is 6.54. The fourth-order valence-electron chi connectivity index (χ4n) is 3.51. The lowest BCUT2D eigenvalue weighted by Gasteiger charge is -2.14. The van der Waals surface area contributed by atoms with Gasteiger partial charge in [-0.05, 0) is 38.5 Å². The Morgan fingerprint density at radius 2 is 1.76 bits per heavy atom. The number of carbonyl (C=O) groups is 1. The van der Waals surface area contributed by atoms with E-state index < -0.39 is 0 Å². The van der Waals surface area contributed by atoms with Gasteiger partial charge in [0.1, 0.15) is 0 Å². The monoisotopic (exact) mass is 389 g/mol. The number of hydrogen-bond acceptors (Lipinski definition) is 4. The molecule has 7 nitrogen and oxygen atoms in total. The molecule has 148 valence electrons. The average molecular weight is 389 g/mol. The van der Waals surface area contributed by atoms with Crippen LogP contribution in [0.5, 0.6) is 0 Å². The Morgan fingerprint density at radius 1 is 1.07 bits per heavy atom. The van der Waals surface area contributed by atoms with Crippen molar-refractivity contribution in [3.63, 3.8) is 0 Å². The number of fused-ring (bicyclic) bond motifs is 2. The number of para-hydroxylation sites is 2. The molecule has 0 saturated heterocycles. The fourth-order valence-corrected chi connectivity index (χ4v) is 3.51. The molecule has 0 radical (unpaired) electrons. The van der Waals surface area contributed by atoms with Gasteiger partial charge in [-0.2, -0.15) is 5.10 Å². The van der Waals surface area contributed by atoms with Crippen LogP contribution in [-0.2, 0) is 6.54 Å². The minimum Gasteiger partial charge on any atom is -0.310 e. The Balaban J connectivity index is 1.83. The van der Waals surface area contributed by atoms with E-state index in [4.69, 9.17) is 0 Å². The predicted octanol–water partition coefficient (Wildman–Crippen LogP) is 3.99. The molecule has 2 aromatic heterocycles. The van der Waals surface area contributed by atoms with E-state index in [1.165, 1.54) is 4.68 Å². The largest absolute Gasteiger partial charge is 0.310 e. The second kappa shape index (κ2) is 7.50. The van der Waals surface area contributed by atoms with Crippen molar-refractivity contribution < 1.29 is 4.79 Å². The minimum absolute atomic E-state index is 0.164. The number of nitrogens with zero attached hydrogens (tertiary/aromatic N) is 4. The summed E-state index contributed by atoms with van der Waals surface area (Å²) >= 11 is 0. The summed E-state index contributed by atoms with van der Waals surface area (Å²) in [5.41, 5.74) is 1.80. The molecule has 0 aliphatic heterocycles. The van der Waals surface area contributed by atoms with E-state index in [-0.39, 0.29) is 23.2 Å². The molecule has 2 aromatic carbocycles. The summed E-state index contributed by atoms with van der Waals surface area (Å²) in [6.07, 6.45) is 0.905. The molecular formula is C22H23N5O2. The zero-order valence-electron chi connectivity index (χ0n) is 16.7. The highest BCUT2D eigenvalue weighted by Gasteiger charge is 2.20. The van der Waals surface area contributed by atoms with Crippen molar-refractivity contribution >= 4 is 33.7 Å². The fraction of sp³-hybridized carbons (Fsp3) is 0.273. The Bertz CT molecular complexity index is 1270. The molecule has 4 rings (SSSR count). The number of nitrogens with one attached hydrogen (secondary N) is 1. The van der Waals surface area contributed by atoms with Gasteiger partial charge in [0.05, 0.1) is 22.5 Å². The number of aryl methyl sites for hydroxylation is 1. The van der Waals surface area contributed by atoms with Gasteiger partial charge in [-0.25, -0.2) is 9.67 Å². The second-order valence-corrected chi connectivity index (χ2v) is 7.27. The van der Waals surface area contributed by atoms with Gasteiger partial charge in [0, 0.05) is 11.9 Å². The van der Waals surface area contributed by atoms with Crippen molar-refractivity contribution in [1.82, 2.24) is 19.3 Å². The third-order valence-corrected chi connectivity index (χ3v) is 4.86. The molecule has 0 bridgehead atoms. The molecule has 0 atom stereocenters. The van der Waals surface area contributed by atoms with Gasteiger partial charge in [0.2, 0.25) is 5.95 Å². The average Bonchev–Trinajstić information content (AvgIpc) is 3.05. The van der Waals surface area contributed by atoms with E-state index >= 15 is 0 Å². The number of anilines is 1. The first-order chi connectivity index (χ1) is 14.0. The summed E-state index contributed by atoms with van der Waals surface area (Å²) in [6, 6.07) is 14.7. The summed E-state index contributed by atoms with van der Waals surface area (Å²) < 4.78 is 3.35. The molecule has 1 N–H and O–H groups in total. The Labute approximate surface area is 168 Å². The third kappa shape index (κ3) is 3.29. The van der Waals surface area contributed by atoms with Gasteiger partial charge < -0.3 is 4.57 Å². The molecule has 0 aliphatic carbocycles. The number of rotatable bonds is 5. The van der Waals surface area contributed by atoms with E-state index in [2.05, 4.69) is 22.3 Å². The van der Waals surface area contributed by atoms with E-state index in [1.54, 1.807) is 24.3 Å². The second-order valence-electron chi connectivity index (χ2n) is 7.27. The number of imidazole rings is 1. The summed E-state index contributed by atoms with van der Waals surface area (Å²) in [5.74, 6) is 0.0921. The molecule has 7 heteroatoms. The van der Waals surface area contributed by atoms with E-state index in [9.17, 15) is 9.59 Å². The topological polar surface area (TPSA) is 81.8 Å². The molecule has 0 saturated carbocycles. The maximum atomic E-state index is 13.2. The van der Waals surface area contributed by atoms with Crippen LogP contribution in [0.15, 0.2) is 53.3 Å². The Morgan fingerprint density at radius 3 is 2.48 bits per heavy atom. The molecule has 0 aliphatic rings. The van der Waals surface area contributed by atoms with Crippen LogP contribution in [0.3, 0.4) is 0 Å². The summed E-state index contributed by atoms with van der Waals surface area (Å²) in [7, 11) is 0. The highest BCUT2D eigenvalue weighted by Crippen LogP contribution is 2.22. The Kier molecular flexibility index (Phi) is 4.88. The first-order valence-corrected chi connectivity index (χ1v) is 9.79. The maximum Gasteiger partial charge on any atom is 0.279 e. The van der Waals surface area contributed by atoms with E-state index in [0.717, 1.165) is 24.0 Å². The first-order valence-electron chi connectivity index (χ1n) is 9.79. The van der Waals surface area contributed by atoms with Crippen LogP contribution < -0.4 is 10.9 Å². The SMILES string of the molecule is CCCn1c(NC(=O)c2nn(C(C)C)c(=O)c3ccccc23)nc2ccccc21. The van der Waals surface area contributed by atoms with Crippen LogP contribution in [0.2, 0.25) is 0 Å². The lowest BCUT2D eigenvalue weighted by atomic mass is 10.1. The van der Waals surface area contributed by atoms with Crippen molar-refractivity contribution in [2.75, 3.05) is 5.32 Å². The maximum absolute atomic E-state index is 13.2. The third-order valence-electron chi connectivity index (χ3n) is 4.86. The minimum atomic E-state index is -0.386. The zero-order chi connectivity index (χ0) is 20.5. The van der Waals surface area contributed by atoms with Gasteiger partial charge in [0.25, 0.3) is 11.5 Å². The molecule has 2 heterocycles. The number of aromatic nitrogens is 4. The van der Waals surface area contributed by atoms with Crippen molar-refractivity contribution in [2.24, 2.45) is 0 Å². The van der Waals surface area contributed by atoms with E-state index in [1.807, 2.05) is 42.7 Å². The summed E-state index contributed by atoms with van der Waals surface area (Å²) in [4.78, 5) is 30.5. The van der Waals surface area contributed by atoms with Crippen LogP contribution in [0.25, 0.3) is 21.8 Å². The highest BCUT2D eigenvalue weighted by molar-refractivity contribution is 6.10. The van der Waals surface area contributed by atoms with E-state index in [0.29, 0.717) is 16.7 Å². The normalized spacial score (nSPS) is 11.4. The standard InChI is InChI=1S/C22H23N5O2/c1-4-13-26-18-12-8-7-11-17(18)23-22(26)24-20(28)19-15-9-5-6-10-16(15)21(29)27(25-19)14(2)3/h5-12,14H,4,13H2,1-3H3,(H,23,24,28). The number of amides is 1. The van der Waals surface area contributed by atoms with Crippen molar-refractivity contribution in [3.8, 4) is 0 Å². The van der Waals surface area contributed by atoms with Gasteiger partial charge in [-0.3, -0.25) is 14.9 Å². The number of benzene rings is 2. The van der Waals surface area contributed by atoms with Crippen LogP contribution >= 0.6 is 0 Å². The van der Waals surface area contributed by atoms with Crippen LogP contribution in [0, 0.1) is 0 Å². The number of hydrogen-bond donors (Lipinski definition) is 1. The van der Waals surface area contributed by atoms with Crippen molar-refractivity contribution in [1.29, 1.82) is 0 Å². The van der Waals surface area contributed by atoms with Gasteiger partial charge in [-0.1, -0.05) is 37.3 Å². The zero-order valence-corrected chi connectivity index (χ0v) is 16.7. The van der Waals surface area contributed by atoms with Crippen LogP contribution in [0.4, 0.5) is 5.95 Å². The van der Waals surface area contributed by atoms with Gasteiger partial charge in [0.15, 0.2) is 5.69 Å². The molecular weight excluding hydrogens is 366 g/mol. The highest BCUT2D eigenvalue weighted by atomic mass is 16.2. The molecule has 0 spiro atoms. The molecule has 29 heavy (non-hydrogen) atoms. The lowest BCUT2D eigenvalue weighted by Crippen LogP contribution is -2.29. The van der Waals surface area contributed by atoms with Gasteiger partial charge >= 0.3 is 0 Å². The molecule has 1 amide bonds. The molecule has 0 unspecified atom stereocenters. The first kappa shape index (κ1) is 18.9. The molecule has 0 fully saturated rings. The predicted molar refractivity (Wildman–Crippen MR) is 114 cm³/mol. The van der Waals surface area contributed by atoms with Crippen molar-refractivity contribution in [3.05, 3.63) is 64.6 Å². The van der Waals surface area contributed by atoms with Gasteiger partial charge in [-0.15, -0.1) is 0 Å². The van der Waals surface area contributed by atoms with Crippen molar-refractivity contribution in [2.45, 2.75) is 39.8 Å². The Hall–Kier alpha value is -3.48. The quantitative estimate of drug-likeness (QED) is 0.560. The van der Waals surface area contributed by atoms with Crippen LogP contribution in [-0.4, -0.2) is 25.2 Å². The smallest absolute Gasteiger partial charge is 0.279 e. The molecule has 4 aromatic rings. The van der Waals surface area contributed by atoms with Crippen LogP contribution in [0.1, 0.15) is 43.7 Å².